The first-order valence-electron chi connectivity index (χ1n) is 10.6. The third-order valence-electron chi connectivity index (χ3n) is 4.71. The van der Waals surface area contributed by atoms with Crippen molar-refractivity contribution < 1.29 is 48.5 Å². The van der Waals surface area contributed by atoms with Gasteiger partial charge in [0.05, 0.1) is 35.3 Å². The third-order valence-corrected chi connectivity index (χ3v) is 4.71. The lowest BCUT2D eigenvalue weighted by Gasteiger charge is -2.13. The fraction of sp³-hybridized carbons (Fsp3) is 0.250. The summed E-state index contributed by atoms with van der Waals surface area (Å²) in [6.45, 7) is 2.11. The predicted molar refractivity (Wildman–Crippen MR) is 124 cm³/mol. The number of esters is 2. The van der Waals surface area contributed by atoms with E-state index in [-0.39, 0.29) is 48.6 Å². The Bertz CT molecular complexity index is 1110. The second kappa shape index (κ2) is 12.6. The van der Waals surface area contributed by atoms with Crippen LogP contribution in [0.5, 0.6) is 0 Å². The summed E-state index contributed by atoms with van der Waals surface area (Å²) in [5.41, 5.74) is -0.245. The fourth-order valence-corrected chi connectivity index (χ4v) is 3.11. The molecule has 190 valence electrons. The largest absolute Gasteiger partial charge is 0.478 e. The van der Waals surface area contributed by atoms with Gasteiger partial charge in [0, 0.05) is 13.8 Å². The van der Waals surface area contributed by atoms with E-state index in [1.165, 1.54) is 50.2 Å². The van der Waals surface area contributed by atoms with Crippen molar-refractivity contribution in [3.63, 3.8) is 0 Å². The van der Waals surface area contributed by atoms with E-state index in [0.717, 1.165) is 0 Å². The Morgan fingerprint density at radius 1 is 0.639 bits per heavy atom. The summed E-state index contributed by atoms with van der Waals surface area (Å²) in [5.74, 6) is -5.22. The summed E-state index contributed by atoms with van der Waals surface area (Å²) in [5, 5.41) is 23.9. The van der Waals surface area contributed by atoms with Crippen LogP contribution in [0, 0.1) is 0 Å². The van der Waals surface area contributed by atoms with Crippen LogP contribution in [0.4, 0.5) is 0 Å². The Morgan fingerprint density at radius 3 is 1.31 bits per heavy atom. The van der Waals surface area contributed by atoms with Gasteiger partial charge in [-0.1, -0.05) is 12.1 Å². The molecule has 2 aromatic rings. The molecule has 0 bridgehead atoms. The molecule has 0 saturated heterocycles. The second-order valence-electron chi connectivity index (χ2n) is 7.32. The number of amides is 2. The zero-order chi connectivity index (χ0) is 26.8. The summed E-state index contributed by atoms with van der Waals surface area (Å²) in [6.07, 6.45) is 0. The number of nitrogens with one attached hydrogen (secondary N) is 2. The maximum atomic E-state index is 12.6. The molecule has 0 aliphatic rings. The molecule has 12 heteroatoms. The van der Waals surface area contributed by atoms with E-state index >= 15 is 0 Å². The van der Waals surface area contributed by atoms with Gasteiger partial charge in [0.1, 0.15) is 13.2 Å². The predicted octanol–water partition coefficient (Wildman–Crippen LogP) is 1.34. The molecule has 0 unspecified atom stereocenters. The molecule has 0 aliphatic carbocycles. The zero-order valence-corrected chi connectivity index (χ0v) is 19.5. The van der Waals surface area contributed by atoms with E-state index in [9.17, 15) is 39.0 Å². The van der Waals surface area contributed by atoms with E-state index in [0.29, 0.717) is 11.1 Å². The zero-order valence-electron chi connectivity index (χ0n) is 19.5. The van der Waals surface area contributed by atoms with Gasteiger partial charge in [-0.15, -0.1) is 0 Å². The molecule has 2 aromatic carbocycles. The first-order chi connectivity index (χ1) is 17.0. The topological polar surface area (TPSA) is 185 Å². The quantitative estimate of drug-likeness (QED) is 0.259. The Balaban J connectivity index is 2.37. The highest BCUT2D eigenvalue weighted by molar-refractivity contribution is 6.07. The highest BCUT2D eigenvalue weighted by Gasteiger charge is 2.20. The minimum atomic E-state index is -1.35. The summed E-state index contributed by atoms with van der Waals surface area (Å²) in [7, 11) is 0. The van der Waals surface area contributed by atoms with Crippen molar-refractivity contribution in [3.8, 4) is 11.1 Å². The van der Waals surface area contributed by atoms with Gasteiger partial charge in [-0.2, -0.15) is 0 Å². The van der Waals surface area contributed by atoms with Crippen molar-refractivity contribution in [2.75, 3.05) is 26.3 Å². The number of hydrogen-bond acceptors (Lipinski definition) is 8. The molecule has 0 saturated carbocycles. The highest BCUT2D eigenvalue weighted by atomic mass is 16.5. The van der Waals surface area contributed by atoms with Gasteiger partial charge in [0.25, 0.3) is 11.8 Å². The molecule has 2 rings (SSSR count). The van der Waals surface area contributed by atoms with Crippen LogP contribution in [-0.4, -0.2) is 72.2 Å². The molecular weight excluding hydrogens is 476 g/mol. The van der Waals surface area contributed by atoms with E-state index in [2.05, 4.69) is 10.6 Å². The van der Waals surface area contributed by atoms with Gasteiger partial charge in [-0.05, 0) is 35.4 Å². The van der Waals surface area contributed by atoms with Crippen LogP contribution in [0.25, 0.3) is 11.1 Å². The van der Waals surface area contributed by atoms with Crippen molar-refractivity contribution >= 4 is 35.7 Å². The van der Waals surface area contributed by atoms with Gasteiger partial charge in [0.15, 0.2) is 0 Å². The number of rotatable bonds is 11. The number of aromatic carboxylic acids is 2. The van der Waals surface area contributed by atoms with Crippen molar-refractivity contribution in [1.29, 1.82) is 0 Å². The maximum absolute atomic E-state index is 12.6. The van der Waals surface area contributed by atoms with Crippen LogP contribution < -0.4 is 10.6 Å². The van der Waals surface area contributed by atoms with Crippen molar-refractivity contribution in [2.24, 2.45) is 0 Å². The van der Waals surface area contributed by atoms with Crippen molar-refractivity contribution in [1.82, 2.24) is 10.6 Å². The lowest BCUT2D eigenvalue weighted by Crippen LogP contribution is -2.29. The van der Waals surface area contributed by atoms with Crippen LogP contribution in [0.1, 0.15) is 55.3 Å². The van der Waals surface area contributed by atoms with Crippen LogP contribution in [0.2, 0.25) is 0 Å². The maximum Gasteiger partial charge on any atom is 0.336 e. The molecule has 4 N–H and O–H groups in total. The number of benzene rings is 2. The number of ether oxygens (including phenoxy) is 2. The molecule has 0 fully saturated rings. The number of hydrogen-bond donors (Lipinski definition) is 4. The number of carboxylic acids is 2. The molecule has 0 heterocycles. The Kier molecular flexibility index (Phi) is 9.66. The van der Waals surface area contributed by atoms with E-state index in [1.807, 2.05) is 0 Å². The average molecular weight is 500 g/mol. The van der Waals surface area contributed by atoms with Crippen molar-refractivity contribution in [2.45, 2.75) is 13.8 Å². The van der Waals surface area contributed by atoms with Gasteiger partial charge in [0.2, 0.25) is 0 Å². The molecular formula is C24H24N2O10. The molecule has 0 aromatic heterocycles. The Labute approximate surface area is 205 Å². The van der Waals surface area contributed by atoms with Gasteiger partial charge >= 0.3 is 23.9 Å². The van der Waals surface area contributed by atoms with Gasteiger partial charge < -0.3 is 30.3 Å². The Hall–Kier alpha value is -4.74. The highest BCUT2D eigenvalue weighted by Crippen LogP contribution is 2.26. The van der Waals surface area contributed by atoms with Crippen LogP contribution in [0.15, 0.2) is 36.4 Å². The summed E-state index contributed by atoms with van der Waals surface area (Å²) in [4.78, 5) is 70.2. The molecule has 2 amide bonds. The average Bonchev–Trinajstić information content (AvgIpc) is 2.83. The summed E-state index contributed by atoms with van der Waals surface area (Å²) < 4.78 is 9.46. The smallest absolute Gasteiger partial charge is 0.336 e. The van der Waals surface area contributed by atoms with E-state index in [1.54, 1.807) is 0 Å². The molecule has 0 aliphatic heterocycles. The minimum Gasteiger partial charge on any atom is -0.478 e. The van der Waals surface area contributed by atoms with E-state index in [4.69, 9.17) is 9.47 Å². The Morgan fingerprint density at radius 2 is 1.00 bits per heavy atom. The summed E-state index contributed by atoms with van der Waals surface area (Å²) in [6, 6.07) is 7.84. The third kappa shape index (κ3) is 7.65. The lowest BCUT2D eigenvalue weighted by atomic mass is 9.95. The molecule has 0 spiro atoms. The number of carbonyl (C=O) groups excluding carboxylic acids is 4. The number of carboxylic acid groups (broad SMARTS) is 2. The second-order valence-corrected chi connectivity index (χ2v) is 7.32. The van der Waals surface area contributed by atoms with Crippen molar-refractivity contribution in [3.05, 3.63) is 58.7 Å². The first-order valence-corrected chi connectivity index (χ1v) is 10.6. The molecule has 0 radical (unpaired) electrons. The monoisotopic (exact) mass is 500 g/mol. The molecule has 36 heavy (non-hydrogen) atoms. The SMILES string of the molecule is CC(=O)OCCNC(=O)c1cc(-c2ccc(C(=O)O)c(C(=O)NCCOC(C)=O)c2)ccc1C(=O)O. The minimum absolute atomic E-state index is 0.0489. The van der Waals surface area contributed by atoms with Gasteiger partial charge in [-0.3, -0.25) is 19.2 Å². The molecule has 12 nitrogen and oxygen atoms in total. The first kappa shape index (κ1) is 27.5. The summed E-state index contributed by atoms with van der Waals surface area (Å²) >= 11 is 0. The lowest BCUT2D eigenvalue weighted by molar-refractivity contribution is -0.141. The van der Waals surface area contributed by atoms with Crippen LogP contribution >= 0.6 is 0 Å². The number of carbonyl (C=O) groups is 6. The van der Waals surface area contributed by atoms with Crippen LogP contribution in [0.3, 0.4) is 0 Å². The normalized spacial score (nSPS) is 10.2. The standard InChI is InChI=1S/C24H24N2O10/c1-13(27)35-9-7-25-21(29)19-11-15(3-5-17(19)23(31)32)16-4-6-18(24(33)34)20(12-16)22(30)26-8-10-36-14(2)28/h3-6,11-12H,7-10H2,1-2H3,(H,25,29)(H,26,30)(H,31,32)(H,33,34). The van der Waals surface area contributed by atoms with Crippen LogP contribution in [-0.2, 0) is 19.1 Å². The van der Waals surface area contributed by atoms with E-state index < -0.39 is 35.7 Å². The fourth-order valence-electron chi connectivity index (χ4n) is 3.11. The van der Waals surface area contributed by atoms with Gasteiger partial charge in [-0.25, -0.2) is 9.59 Å². The molecule has 0 atom stereocenters.